The lowest BCUT2D eigenvalue weighted by molar-refractivity contribution is -0.137. The normalized spacial score (nSPS) is 15.2. The van der Waals surface area contributed by atoms with Gasteiger partial charge in [0.25, 0.3) is 0 Å². The van der Waals surface area contributed by atoms with Crippen LogP contribution in [0.5, 0.6) is 0 Å². The van der Waals surface area contributed by atoms with Crippen LogP contribution in [0.4, 0.5) is 18.9 Å². The Labute approximate surface area is 122 Å². The number of nitrogens with one attached hydrogen (secondary N) is 1. The summed E-state index contributed by atoms with van der Waals surface area (Å²) in [5, 5.41) is 12.0. The first kappa shape index (κ1) is 15.4. The summed E-state index contributed by atoms with van der Waals surface area (Å²) in [6.45, 7) is 0.631. The zero-order valence-electron chi connectivity index (χ0n) is 11.6. The zero-order valence-corrected chi connectivity index (χ0v) is 11.6. The minimum atomic E-state index is -4.42. The lowest BCUT2D eigenvalue weighted by atomic mass is 9.97. The van der Waals surface area contributed by atoms with Gasteiger partial charge >= 0.3 is 6.18 Å². The van der Waals surface area contributed by atoms with Gasteiger partial charge in [-0.2, -0.15) is 18.4 Å². The molecule has 0 aliphatic heterocycles. The van der Waals surface area contributed by atoms with Gasteiger partial charge in [-0.3, -0.25) is 0 Å². The quantitative estimate of drug-likeness (QED) is 0.803. The average molecular weight is 294 g/mol. The maximum absolute atomic E-state index is 12.6. The van der Waals surface area contributed by atoms with Crippen molar-refractivity contribution in [1.82, 2.24) is 0 Å². The van der Waals surface area contributed by atoms with Crippen molar-refractivity contribution in [2.45, 2.75) is 38.3 Å². The van der Waals surface area contributed by atoms with Crippen LogP contribution in [0.1, 0.15) is 43.2 Å². The fraction of sp³-hybridized carbons (Fsp3) is 0.438. The summed E-state index contributed by atoms with van der Waals surface area (Å²) in [6.07, 6.45) is 3.33. The van der Waals surface area contributed by atoms with E-state index in [9.17, 15) is 13.2 Å². The van der Waals surface area contributed by atoms with Crippen LogP contribution in [0.3, 0.4) is 0 Å². The number of nitrogens with zero attached hydrogens (tertiary/aromatic N) is 1. The summed E-state index contributed by atoms with van der Waals surface area (Å²) in [6, 6.07) is 5.04. The molecule has 2 nitrogen and oxygen atoms in total. The van der Waals surface area contributed by atoms with E-state index in [1.54, 1.807) is 0 Å². The Morgan fingerprint density at radius 1 is 1.24 bits per heavy atom. The molecule has 0 unspecified atom stereocenters. The van der Waals surface area contributed by atoms with Crippen LogP contribution >= 0.6 is 0 Å². The van der Waals surface area contributed by atoms with Gasteiger partial charge in [0.15, 0.2) is 0 Å². The van der Waals surface area contributed by atoms with Gasteiger partial charge in [0.1, 0.15) is 6.07 Å². The number of hydrogen-bond acceptors (Lipinski definition) is 2. The molecule has 0 radical (unpaired) electrons. The number of rotatable bonds is 4. The Morgan fingerprint density at radius 3 is 2.67 bits per heavy atom. The Bertz CT molecular complexity index is 568. The molecular weight excluding hydrogens is 277 g/mol. The molecule has 21 heavy (non-hydrogen) atoms. The summed E-state index contributed by atoms with van der Waals surface area (Å²) in [4.78, 5) is 0. The van der Waals surface area contributed by atoms with Crippen molar-refractivity contribution in [2.75, 3.05) is 11.9 Å². The maximum atomic E-state index is 12.6. The van der Waals surface area contributed by atoms with Gasteiger partial charge < -0.3 is 5.32 Å². The standard InChI is InChI=1S/C16H17F3N2/c17-16(18,19)14-6-7-15(13(10-14)11-20)21-9-8-12-4-2-1-3-5-12/h4,6-7,10,21H,1-3,5,8-9H2. The molecule has 0 amide bonds. The molecule has 0 atom stereocenters. The molecule has 0 spiro atoms. The van der Waals surface area contributed by atoms with Gasteiger partial charge in [-0.1, -0.05) is 11.6 Å². The van der Waals surface area contributed by atoms with Crippen molar-refractivity contribution in [3.63, 3.8) is 0 Å². The molecule has 5 heteroatoms. The van der Waals surface area contributed by atoms with Crippen LogP contribution in [-0.4, -0.2) is 6.54 Å². The summed E-state index contributed by atoms with van der Waals surface area (Å²) in [7, 11) is 0. The molecule has 0 fully saturated rings. The number of benzene rings is 1. The molecule has 1 aliphatic rings. The third kappa shape index (κ3) is 4.25. The van der Waals surface area contributed by atoms with Crippen LogP contribution < -0.4 is 5.32 Å². The maximum Gasteiger partial charge on any atom is 0.416 e. The average Bonchev–Trinajstić information content (AvgIpc) is 2.47. The molecule has 0 heterocycles. The predicted octanol–water partition coefficient (Wildman–Crippen LogP) is 4.88. The predicted molar refractivity (Wildman–Crippen MR) is 75.8 cm³/mol. The van der Waals surface area contributed by atoms with Crippen molar-refractivity contribution in [3.05, 3.63) is 41.0 Å². The highest BCUT2D eigenvalue weighted by Crippen LogP contribution is 2.31. The molecule has 2 rings (SSSR count). The minimum absolute atomic E-state index is 0.0300. The van der Waals surface area contributed by atoms with E-state index in [4.69, 9.17) is 5.26 Å². The van der Waals surface area contributed by atoms with Crippen LogP contribution in [0.25, 0.3) is 0 Å². The van der Waals surface area contributed by atoms with E-state index in [-0.39, 0.29) is 5.56 Å². The topological polar surface area (TPSA) is 35.8 Å². The first-order chi connectivity index (χ1) is 10.0. The van der Waals surface area contributed by atoms with Crippen molar-refractivity contribution >= 4 is 5.69 Å². The first-order valence-corrected chi connectivity index (χ1v) is 7.04. The fourth-order valence-corrected chi connectivity index (χ4v) is 2.46. The highest BCUT2D eigenvalue weighted by molar-refractivity contribution is 5.59. The Morgan fingerprint density at radius 2 is 2.05 bits per heavy atom. The largest absolute Gasteiger partial charge is 0.416 e. The van der Waals surface area contributed by atoms with E-state index in [0.717, 1.165) is 31.4 Å². The molecule has 0 bridgehead atoms. The first-order valence-electron chi connectivity index (χ1n) is 7.04. The summed E-state index contributed by atoms with van der Waals surface area (Å²) in [5.74, 6) is 0. The highest BCUT2D eigenvalue weighted by Gasteiger charge is 2.31. The number of allylic oxidation sites excluding steroid dienone is 1. The smallest absolute Gasteiger partial charge is 0.384 e. The van der Waals surface area contributed by atoms with Gasteiger partial charge in [0, 0.05) is 6.54 Å². The second-order valence-electron chi connectivity index (χ2n) is 5.15. The monoisotopic (exact) mass is 294 g/mol. The Kier molecular flexibility index (Phi) is 4.89. The van der Waals surface area contributed by atoms with Gasteiger partial charge in [-0.25, -0.2) is 0 Å². The van der Waals surface area contributed by atoms with Gasteiger partial charge in [-0.15, -0.1) is 0 Å². The Hall–Kier alpha value is -1.96. The number of nitriles is 1. The lowest BCUT2D eigenvalue weighted by Gasteiger charge is -2.14. The number of anilines is 1. The van der Waals surface area contributed by atoms with Crippen LogP contribution in [0.2, 0.25) is 0 Å². The molecule has 1 aromatic carbocycles. The zero-order chi connectivity index (χ0) is 15.3. The third-order valence-corrected chi connectivity index (χ3v) is 3.61. The molecule has 0 aromatic heterocycles. The summed E-state index contributed by atoms with van der Waals surface area (Å²) >= 11 is 0. The van der Waals surface area contributed by atoms with E-state index in [1.807, 2.05) is 6.07 Å². The summed E-state index contributed by atoms with van der Waals surface area (Å²) in [5.41, 5.74) is 1.09. The minimum Gasteiger partial charge on any atom is -0.384 e. The van der Waals surface area contributed by atoms with E-state index in [1.165, 1.54) is 24.5 Å². The fourth-order valence-electron chi connectivity index (χ4n) is 2.46. The van der Waals surface area contributed by atoms with Crippen molar-refractivity contribution in [3.8, 4) is 6.07 Å². The van der Waals surface area contributed by atoms with E-state index < -0.39 is 11.7 Å². The van der Waals surface area contributed by atoms with E-state index in [2.05, 4.69) is 11.4 Å². The van der Waals surface area contributed by atoms with Gasteiger partial charge in [0.05, 0.1) is 16.8 Å². The highest BCUT2D eigenvalue weighted by atomic mass is 19.4. The lowest BCUT2D eigenvalue weighted by Crippen LogP contribution is -2.08. The van der Waals surface area contributed by atoms with Crippen LogP contribution in [-0.2, 0) is 6.18 Å². The van der Waals surface area contributed by atoms with Crippen molar-refractivity contribution in [1.29, 1.82) is 5.26 Å². The Balaban J connectivity index is 2.00. The second-order valence-corrected chi connectivity index (χ2v) is 5.15. The molecule has 0 saturated carbocycles. The van der Waals surface area contributed by atoms with Crippen LogP contribution in [0.15, 0.2) is 29.8 Å². The molecule has 112 valence electrons. The molecule has 1 N–H and O–H groups in total. The number of hydrogen-bond donors (Lipinski definition) is 1. The molecule has 1 aliphatic carbocycles. The molecular formula is C16H17F3N2. The van der Waals surface area contributed by atoms with Crippen molar-refractivity contribution in [2.24, 2.45) is 0 Å². The SMILES string of the molecule is N#Cc1cc(C(F)(F)F)ccc1NCCC1=CCCCC1. The van der Waals surface area contributed by atoms with Gasteiger partial charge in [-0.05, 0) is 50.3 Å². The van der Waals surface area contributed by atoms with Gasteiger partial charge in [0.2, 0.25) is 0 Å². The summed E-state index contributed by atoms with van der Waals surface area (Å²) < 4.78 is 37.8. The van der Waals surface area contributed by atoms with E-state index >= 15 is 0 Å². The second kappa shape index (κ2) is 6.66. The number of halogens is 3. The van der Waals surface area contributed by atoms with Crippen LogP contribution in [0, 0.1) is 11.3 Å². The van der Waals surface area contributed by atoms with E-state index in [0.29, 0.717) is 12.2 Å². The molecule has 1 aromatic rings. The number of alkyl halides is 3. The molecule has 0 saturated heterocycles. The van der Waals surface area contributed by atoms with Crippen molar-refractivity contribution < 1.29 is 13.2 Å². The third-order valence-electron chi connectivity index (χ3n) is 3.61.